The maximum atomic E-state index is 11.8. The van der Waals surface area contributed by atoms with Gasteiger partial charge in [0.2, 0.25) is 0 Å². The Balaban J connectivity index is 4.22. The lowest BCUT2D eigenvalue weighted by Crippen LogP contribution is -2.43. The molecule has 0 radical (unpaired) electrons. The molecule has 1 unspecified atom stereocenters. The van der Waals surface area contributed by atoms with Crippen molar-refractivity contribution < 1.29 is 21.6 Å². The van der Waals surface area contributed by atoms with Crippen LogP contribution in [-0.2, 0) is 10.2 Å². The van der Waals surface area contributed by atoms with Crippen LogP contribution in [0.15, 0.2) is 0 Å². The molecule has 0 spiro atoms. The monoisotopic (exact) mass is 263 g/mol. The lowest BCUT2D eigenvalue weighted by atomic mass is 10.2. The summed E-state index contributed by atoms with van der Waals surface area (Å²) in [5, 5.41) is 0. The van der Waals surface area contributed by atoms with Crippen LogP contribution < -0.4 is 10.5 Å². The second-order valence-electron chi connectivity index (χ2n) is 3.53. The smallest absolute Gasteiger partial charge is 0.328 e. The molecule has 98 valence electrons. The molecule has 0 aromatic carbocycles. The number of alkyl halides is 3. The van der Waals surface area contributed by atoms with Crippen molar-refractivity contribution in [2.24, 2.45) is 5.73 Å². The molecule has 0 aromatic rings. The fourth-order valence-electron chi connectivity index (χ4n) is 0.789. The maximum absolute atomic E-state index is 11.8. The highest BCUT2D eigenvalue weighted by atomic mass is 32.2. The molecule has 1 atom stereocenters. The molecular weight excluding hydrogens is 247 g/mol. The van der Waals surface area contributed by atoms with Crippen LogP contribution in [-0.4, -0.2) is 45.1 Å². The zero-order valence-corrected chi connectivity index (χ0v) is 9.90. The molecule has 0 aliphatic carbocycles. The molecule has 0 amide bonds. The van der Waals surface area contributed by atoms with E-state index in [-0.39, 0.29) is 12.6 Å². The Labute approximate surface area is 93.0 Å². The molecule has 0 rings (SSSR count). The second kappa shape index (κ2) is 5.80. The van der Waals surface area contributed by atoms with E-state index >= 15 is 0 Å². The van der Waals surface area contributed by atoms with Crippen LogP contribution in [0.4, 0.5) is 13.2 Å². The summed E-state index contributed by atoms with van der Waals surface area (Å²) < 4.78 is 60.2. The lowest BCUT2D eigenvalue weighted by Gasteiger charge is -2.19. The number of hydrogen-bond donors (Lipinski definition) is 2. The van der Waals surface area contributed by atoms with Gasteiger partial charge >= 0.3 is 6.18 Å². The van der Waals surface area contributed by atoms with E-state index in [1.165, 1.54) is 11.8 Å². The average molecular weight is 263 g/mol. The van der Waals surface area contributed by atoms with Gasteiger partial charge in [0.15, 0.2) is 0 Å². The molecule has 0 heterocycles. The van der Waals surface area contributed by atoms with Crippen LogP contribution in [0, 0.1) is 0 Å². The zero-order chi connectivity index (χ0) is 13.0. The molecule has 0 saturated carbocycles. The summed E-state index contributed by atoms with van der Waals surface area (Å²) in [5.41, 5.74) is 5.41. The van der Waals surface area contributed by atoms with E-state index < -0.39 is 22.9 Å². The van der Waals surface area contributed by atoms with Gasteiger partial charge in [0.25, 0.3) is 10.2 Å². The topological polar surface area (TPSA) is 75.4 Å². The quantitative estimate of drug-likeness (QED) is 0.711. The molecule has 0 aromatic heterocycles. The van der Waals surface area contributed by atoms with Gasteiger partial charge in [-0.25, -0.2) is 0 Å². The molecular formula is C7H16F3N3O2S. The van der Waals surface area contributed by atoms with Crippen molar-refractivity contribution in [1.29, 1.82) is 0 Å². The number of halogens is 3. The predicted octanol–water partition coefficient (Wildman–Crippen LogP) is 0.0522. The molecule has 0 fully saturated rings. The Hall–Kier alpha value is -0.380. The van der Waals surface area contributed by atoms with E-state index in [9.17, 15) is 21.6 Å². The summed E-state index contributed by atoms with van der Waals surface area (Å²) in [6.07, 6.45) is -4.18. The van der Waals surface area contributed by atoms with Gasteiger partial charge < -0.3 is 5.73 Å². The number of nitrogens with one attached hydrogen (secondary N) is 1. The van der Waals surface area contributed by atoms with Gasteiger partial charge in [-0.3, -0.25) is 0 Å². The maximum Gasteiger partial charge on any atom is 0.402 e. The summed E-state index contributed by atoms with van der Waals surface area (Å²) in [5.74, 6) is 0. The van der Waals surface area contributed by atoms with E-state index in [2.05, 4.69) is 0 Å². The molecule has 0 aliphatic heterocycles. The van der Waals surface area contributed by atoms with Crippen LogP contribution in [0.2, 0.25) is 0 Å². The first-order valence-corrected chi connectivity index (χ1v) is 6.02. The van der Waals surface area contributed by atoms with Crippen LogP contribution in [0.3, 0.4) is 0 Å². The Bertz CT molecular complexity index is 302. The van der Waals surface area contributed by atoms with E-state index in [1.54, 1.807) is 6.92 Å². The molecule has 0 bridgehead atoms. The normalized spacial score (nSPS) is 15.4. The molecule has 16 heavy (non-hydrogen) atoms. The van der Waals surface area contributed by atoms with Gasteiger partial charge in [0, 0.05) is 19.6 Å². The summed E-state index contributed by atoms with van der Waals surface area (Å²) in [7, 11) is -2.89. The van der Waals surface area contributed by atoms with Crippen molar-refractivity contribution in [2.75, 3.05) is 20.1 Å². The Morgan fingerprint density at radius 1 is 1.44 bits per heavy atom. The van der Waals surface area contributed by atoms with Crippen molar-refractivity contribution in [3.05, 3.63) is 0 Å². The first-order chi connectivity index (χ1) is 7.04. The average Bonchev–Trinajstić information content (AvgIpc) is 2.10. The van der Waals surface area contributed by atoms with E-state index in [1.807, 2.05) is 0 Å². The molecule has 9 heteroatoms. The molecule has 0 aliphatic rings. The number of nitrogens with two attached hydrogens (primary N) is 1. The highest BCUT2D eigenvalue weighted by Gasteiger charge is 2.30. The third-order valence-corrected chi connectivity index (χ3v) is 3.28. The zero-order valence-electron chi connectivity index (χ0n) is 9.08. The summed E-state index contributed by atoms with van der Waals surface area (Å²) in [6.45, 7) is 0.187. The largest absolute Gasteiger partial charge is 0.402 e. The van der Waals surface area contributed by atoms with Crippen molar-refractivity contribution >= 4 is 10.2 Å². The Morgan fingerprint density at radius 3 is 2.31 bits per heavy atom. The molecule has 5 nitrogen and oxygen atoms in total. The van der Waals surface area contributed by atoms with Gasteiger partial charge in [0.05, 0.1) is 0 Å². The van der Waals surface area contributed by atoms with E-state index in [4.69, 9.17) is 5.73 Å². The first-order valence-electron chi connectivity index (χ1n) is 4.58. The fraction of sp³-hybridized carbons (Fsp3) is 1.00. The number of rotatable bonds is 6. The van der Waals surface area contributed by atoms with Crippen molar-refractivity contribution in [3.8, 4) is 0 Å². The third-order valence-electron chi connectivity index (χ3n) is 1.76. The summed E-state index contributed by atoms with van der Waals surface area (Å²) in [4.78, 5) is 0. The van der Waals surface area contributed by atoms with Crippen LogP contribution >= 0.6 is 0 Å². The second-order valence-corrected chi connectivity index (χ2v) is 5.39. The predicted molar refractivity (Wildman–Crippen MR) is 53.9 cm³/mol. The lowest BCUT2D eigenvalue weighted by molar-refractivity contribution is -0.121. The van der Waals surface area contributed by atoms with Gasteiger partial charge in [-0.15, -0.1) is 0 Å². The number of nitrogens with zero attached hydrogens (tertiary/aromatic N) is 1. The molecule has 0 saturated heterocycles. The minimum Gasteiger partial charge on any atom is -0.328 e. The molecule has 3 N–H and O–H groups in total. The highest BCUT2D eigenvalue weighted by Crippen LogP contribution is 2.13. The van der Waals surface area contributed by atoms with Crippen LogP contribution in [0.1, 0.15) is 13.3 Å². The van der Waals surface area contributed by atoms with Gasteiger partial charge in [0.1, 0.15) is 6.54 Å². The SMILES string of the molecule is CC(N)CCN(C)S(=O)(=O)NCC(F)(F)F. The highest BCUT2D eigenvalue weighted by molar-refractivity contribution is 7.87. The summed E-state index contributed by atoms with van der Waals surface area (Å²) >= 11 is 0. The standard InChI is InChI=1S/C7H16F3N3O2S/c1-6(11)3-4-13(2)16(14,15)12-5-7(8,9)10/h6,12H,3-5,11H2,1-2H3. The third kappa shape index (κ3) is 6.99. The van der Waals surface area contributed by atoms with Gasteiger partial charge in [-0.2, -0.15) is 30.6 Å². The van der Waals surface area contributed by atoms with Crippen molar-refractivity contribution in [2.45, 2.75) is 25.6 Å². The minimum atomic E-state index is -4.56. The van der Waals surface area contributed by atoms with Crippen LogP contribution in [0.25, 0.3) is 0 Å². The Morgan fingerprint density at radius 2 is 1.94 bits per heavy atom. The Kier molecular flexibility index (Phi) is 5.66. The van der Waals surface area contributed by atoms with E-state index in [0.29, 0.717) is 6.42 Å². The van der Waals surface area contributed by atoms with Gasteiger partial charge in [-0.05, 0) is 13.3 Å². The van der Waals surface area contributed by atoms with Crippen molar-refractivity contribution in [1.82, 2.24) is 9.03 Å². The first kappa shape index (κ1) is 15.6. The van der Waals surface area contributed by atoms with Crippen LogP contribution in [0.5, 0.6) is 0 Å². The minimum absolute atomic E-state index is 0.0743. The van der Waals surface area contributed by atoms with Gasteiger partial charge in [-0.1, -0.05) is 0 Å². The fourth-order valence-corrected chi connectivity index (χ4v) is 1.70. The number of hydrogen-bond acceptors (Lipinski definition) is 3. The van der Waals surface area contributed by atoms with E-state index in [0.717, 1.165) is 4.31 Å². The summed E-state index contributed by atoms with van der Waals surface area (Å²) in [6, 6.07) is -0.208. The van der Waals surface area contributed by atoms with Crippen molar-refractivity contribution in [3.63, 3.8) is 0 Å².